The van der Waals surface area contributed by atoms with Gasteiger partial charge in [0.2, 0.25) is 0 Å². The van der Waals surface area contributed by atoms with Gasteiger partial charge in [-0.25, -0.2) is 0 Å². The molecule has 1 aromatic carbocycles. The van der Waals surface area contributed by atoms with Crippen molar-refractivity contribution in [3.05, 3.63) is 41.1 Å². The second-order valence-corrected chi connectivity index (χ2v) is 8.76. The van der Waals surface area contributed by atoms with Crippen LogP contribution in [0.4, 0.5) is 0 Å². The fourth-order valence-electron chi connectivity index (χ4n) is 3.27. The highest BCUT2D eigenvalue weighted by Crippen LogP contribution is 2.25. The molecule has 1 aliphatic rings. The zero-order valence-electron chi connectivity index (χ0n) is 14.0. The number of pyridine rings is 1. The van der Waals surface area contributed by atoms with E-state index in [0.29, 0.717) is 18.7 Å². The molecule has 2 heterocycles. The number of benzene rings is 1. The SMILES string of the molecule is Cc1cc(C(=O)N2C[C@H](C)S(=O)[C@@H](C)C2)c2nccc(C)c2c1. The van der Waals surface area contributed by atoms with Gasteiger partial charge in [0.15, 0.2) is 0 Å². The fourth-order valence-corrected chi connectivity index (χ4v) is 4.72. The topological polar surface area (TPSA) is 50.3 Å². The largest absolute Gasteiger partial charge is 0.336 e. The standard InChI is InChI=1S/C18H22N2O2S/c1-11-7-15-12(2)5-6-19-17(15)16(8-11)18(21)20-9-13(3)23(22)14(4)10-20/h5-8,13-14H,9-10H2,1-4H3/t13-,14-/m0/s1. The second-order valence-electron chi connectivity index (χ2n) is 6.50. The summed E-state index contributed by atoms with van der Waals surface area (Å²) >= 11 is 0. The molecule has 2 aromatic rings. The Morgan fingerprint density at radius 3 is 2.52 bits per heavy atom. The molecular weight excluding hydrogens is 308 g/mol. The summed E-state index contributed by atoms with van der Waals surface area (Å²) in [5.41, 5.74) is 3.58. The molecule has 0 unspecified atom stereocenters. The highest BCUT2D eigenvalue weighted by atomic mass is 32.2. The van der Waals surface area contributed by atoms with Crippen molar-refractivity contribution in [3.8, 4) is 0 Å². The molecule has 1 aromatic heterocycles. The number of aromatic nitrogens is 1. The van der Waals surface area contributed by atoms with E-state index in [1.807, 2.05) is 44.7 Å². The Kier molecular flexibility index (Phi) is 4.23. The van der Waals surface area contributed by atoms with E-state index in [1.54, 1.807) is 6.20 Å². The van der Waals surface area contributed by atoms with Gasteiger partial charge < -0.3 is 4.90 Å². The average molecular weight is 330 g/mol. The van der Waals surface area contributed by atoms with E-state index in [-0.39, 0.29) is 16.4 Å². The first kappa shape index (κ1) is 16.1. The van der Waals surface area contributed by atoms with Gasteiger partial charge in [0, 0.05) is 46.0 Å². The molecule has 1 fully saturated rings. The van der Waals surface area contributed by atoms with Crippen molar-refractivity contribution in [2.75, 3.05) is 13.1 Å². The highest BCUT2D eigenvalue weighted by Gasteiger charge is 2.32. The third kappa shape index (κ3) is 2.90. The maximum absolute atomic E-state index is 13.1. The van der Waals surface area contributed by atoms with Crippen molar-refractivity contribution in [3.63, 3.8) is 0 Å². The molecule has 0 bridgehead atoms. The summed E-state index contributed by atoms with van der Waals surface area (Å²) in [5, 5.41) is 1.04. The Morgan fingerprint density at radius 2 is 1.87 bits per heavy atom. The Bertz CT molecular complexity index is 789. The monoisotopic (exact) mass is 330 g/mol. The lowest BCUT2D eigenvalue weighted by Crippen LogP contribution is -2.49. The van der Waals surface area contributed by atoms with Crippen LogP contribution in [0.25, 0.3) is 10.9 Å². The highest BCUT2D eigenvalue weighted by molar-refractivity contribution is 7.86. The van der Waals surface area contributed by atoms with E-state index < -0.39 is 10.8 Å². The molecule has 1 saturated heterocycles. The molecule has 1 aliphatic heterocycles. The number of nitrogens with zero attached hydrogens (tertiary/aromatic N) is 2. The average Bonchev–Trinajstić information content (AvgIpc) is 2.51. The van der Waals surface area contributed by atoms with Crippen molar-refractivity contribution in [1.82, 2.24) is 9.88 Å². The minimum absolute atomic E-state index is 0.00722. The molecule has 0 N–H and O–H groups in total. The second kappa shape index (κ2) is 6.04. The summed E-state index contributed by atoms with van der Waals surface area (Å²) in [6.45, 7) is 9.00. The number of carbonyl (C=O) groups is 1. The summed E-state index contributed by atoms with van der Waals surface area (Å²) in [4.78, 5) is 19.3. The number of carbonyl (C=O) groups excluding carboxylic acids is 1. The first-order valence-electron chi connectivity index (χ1n) is 7.93. The van der Waals surface area contributed by atoms with Gasteiger partial charge in [-0.15, -0.1) is 0 Å². The molecule has 0 aliphatic carbocycles. The first-order chi connectivity index (χ1) is 10.9. The molecule has 122 valence electrons. The van der Waals surface area contributed by atoms with Gasteiger partial charge >= 0.3 is 0 Å². The number of rotatable bonds is 1. The van der Waals surface area contributed by atoms with E-state index in [0.717, 1.165) is 22.0 Å². The van der Waals surface area contributed by atoms with Crippen molar-refractivity contribution in [2.45, 2.75) is 38.2 Å². The molecular formula is C18H22N2O2S. The summed E-state index contributed by atoms with van der Waals surface area (Å²) in [5.74, 6) is -0.00722. The Hall–Kier alpha value is -1.75. The minimum Gasteiger partial charge on any atom is -0.336 e. The number of fused-ring (bicyclic) bond motifs is 1. The number of hydrogen-bond acceptors (Lipinski definition) is 3. The molecule has 0 saturated carbocycles. The van der Waals surface area contributed by atoms with Crippen LogP contribution in [0, 0.1) is 13.8 Å². The van der Waals surface area contributed by atoms with E-state index in [1.165, 1.54) is 0 Å². The third-order valence-electron chi connectivity index (χ3n) is 4.47. The zero-order chi connectivity index (χ0) is 16.7. The molecule has 3 rings (SSSR count). The molecule has 23 heavy (non-hydrogen) atoms. The Labute approximate surface area is 139 Å². The van der Waals surface area contributed by atoms with Crippen molar-refractivity contribution >= 4 is 27.6 Å². The van der Waals surface area contributed by atoms with Crippen LogP contribution in [-0.4, -0.2) is 43.6 Å². The molecule has 5 heteroatoms. The summed E-state index contributed by atoms with van der Waals surface area (Å²) in [6.07, 6.45) is 1.75. The number of hydrogen-bond donors (Lipinski definition) is 0. The zero-order valence-corrected chi connectivity index (χ0v) is 14.8. The van der Waals surface area contributed by atoms with E-state index in [2.05, 4.69) is 11.1 Å². The van der Waals surface area contributed by atoms with Crippen LogP contribution in [-0.2, 0) is 10.8 Å². The third-order valence-corrected chi connectivity index (χ3v) is 6.36. The molecule has 4 nitrogen and oxygen atoms in total. The van der Waals surface area contributed by atoms with Gasteiger partial charge in [-0.1, -0.05) is 0 Å². The van der Waals surface area contributed by atoms with Crippen LogP contribution in [0.15, 0.2) is 24.4 Å². The summed E-state index contributed by atoms with van der Waals surface area (Å²) < 4.78 is 12.1. The fraction of sp³-hybridized carbons (Fsp3) is 0.444. The van der Waals surface area contributed by atoms with Gasteiger partial charge in [0.1, 0.15) is 0 Å². The van der Waals surface area contributed by atoms with E-state index in [9.17, 15) is 9.00 Å². The normalized spacial score (nSPS) is 22.5. The van der Waals surface area contributed by atoms with Crippen molar-refractivity contribution in [1.29, 1.82) is 0 Å². The molecule has 0 spiro atoms. The predicted octanol–water partition coefficient (Wildman–Crippen LogP) is 2.83. The van der Waals surface area contributed by atoms with Crippen LogP contribution < -0.4 is 0 Å². The van der Waals surface area contributed by atoms with Crippen LogP contribution in [0.1, 0.15) is 35.3 Å². The first-order valence-corrected chi connectivity index (χ1v) is 9.20. The van der Waals surface area contributed by atoms with E-state index in [4.69, 9.17) is 0 Å². The Morgan fingerprint density at radius 1 is 1.22 bits per heavy atom. The van der Waals surface area contributed by atoms with Crippen molar-refractivity contribution in [2.24, 2.45) is 0 Å². The van der Waals surface area contributed by atoms with Gasteiger partial charge in [0.05, 0.1) is 11.1 Å². The maximum atomic E-state index is 13.1. The maximum Gasteiger partial charge on any atom is 0.256 e. The van der Waals surface area contributed by atoms with E-state index >= 15 is 0 Å². The smallest absolute Gasteiger partial charge is 0.256 e. The number of aryl methyl sites for hydroxylation is 2. The summed E-state index contributed by atoms with van der Waals surface area (Å²) in [7, 11) is -0.868. The van der Waals surface area contributed by atoms with Crippen LogP contribution >= 0.6 is 0 Å². The minimum atomic E-state index is -0.868. The van der Waals surface area contributed by atoms with Crippen LogP contribution in [0.5, 0.6) is 0 Å². The lowest BCUT2D eigenvalue weighted by Gasteiger charge is -2.34. The van der Waals surface area contributed by atoms with Gasteiger partial charge in [-0.2, -0.15) is 0 Å². The number of amides is 1. The Balaban J connectivity index is 2.05. The van der Waals surface area contributed by atoms with Gasteiger partial charge in [-0.3, -0.25) is 14.0 Å². The molecule has 1 amide bonds. The quantitative estimate of drug-likeness (QED) is 0.808. The van der Waals surface area contributed by atoms with Gasteiger partial charge in [-0.05, 0) is 57.0 Å². The van der Waals surface area contributed by atoms with Crippen molar-refractivity contribution < 1.29 is 9.00 Å². The lowest BCUT2D eigenvalue weighted by atomic mass is 10.0. The summed E-state index contributed by atoms with van der Waals surface area (Å²) in [6, 6.07) is 5.95. The lowest BCUT2D eigenvalue weighted by molar-refractivity contribution is 0.0753. The van der Waals surface area contributed by atoms with Crippen LogP contribution in [0.2, 0.25) is 0 Å². The van der Waals surface area contributed by atoms with Crippen LogP contribution in [0.3, 0.4) is 0 Å². The van der Waals surface area contributed by atoms with Gasteiger partial charge in [0.25, 0.3) is 5.91 Å². The predicted molar refractivity (Wildman–Crippen MR) is 94.2 cm³/mol. The molecule has 0 radical (unpaired) electrons. The molecule has 2 atom stereocenters.